The Labute approximate surface area is 192 Å². The van der Waals surface area contributed by atoms with Gasteiger partial charge >= 0.3 is 0 Å². The van der Waals surface area contributed by atoms with Crippen LogP contribution in [-0.2, 0) is 24.8 Å². The second kappa shape index (κ2) is 10.3. The molecule has 0 saturated carbocycles. The Morgan fingerprint density at radius 3 is 2.03 bits per heavy atom. The lowest BCUT2D eigenvalue weighted by Crippen LogP contribution is -2.46. The van der Waals surface area contributed by atoms with Gasteiger partial charge in [-0.2, -0.15) is 4.31 Å². The highest BCUT2D eigenvalue weighted by Crippen LogP contribution is 2.21. The maximum absolute atomic E-state index is 12.5. The summed E-state index contributed by atoms with van der Waals surface area (Å²) >= 11 is 0. The van der Waals surface area contributed by atoms with E-state index in [-0.39, 0.29) is 15.4 Å². The van der Waals surface area contributed by atoms with E-state index in [1.165, 1.54) is 59.9 Å². The molecule has 1 aliphatic heterocycles. The van der Waals surface area contributed by atoms with Crippen molar-refractivity contribution in [1.29, 1.82) is 0 Å². The molecule has 1 aliphatic rings. The van der Waals surface area contributed by atoms with E-state index in [0.717, 1.165) is 12.8 Å². The van der Waals surface area contributed by atoms with Crippen LogP contribution in [0.4, 0.5) is 0 Å². The van der Waals surface area contributed by atoms with Crippen LogP contribution in [0.3, 0.4) is 0 Å². The number of rotatable bonds is 8. The van der Waals surface area contributed by atoms with Crippen LogP contribution in [-0.4, -0.2) is 59.7 Å². The molecule has 0 radical (unpaired) electrons. The number of hydrogen-bond acceptors (Lipinski definition) is 7. The van der Waals surface area contributed by atoms with Gasteiger partial charge in [0.1, 0.15) is 5.75 Å². The van der Waals surface area contributed by atoms with Gasteiger partial charge in [-0.25, -0.2) is 21.6 Å². The van der Waals surface area contributed by atoms with Crippen molar-refractivity contribution >= 4 is 31.9 Å². The van der Waals surface area contributed by atoms with Gasteiger partial charge in [-0.05, 0) is 61.4 Å². The highest BCUT2D eigenvalue weighted by molar-refractivity contribution is 7.89. The molecule has 0 aromatic heterocycles. The fourth-order valence-corrected chi connectivity index (χ4v) is 5.60. The summed E-state index contributed by atoms with van der Waals surface area (Å²) in [6.07, 6.45) is 1.63. The van der Waals surface area contributed by atoms with Crippen LogP contribution in [0.1, 0.15) is 23.2 Å². The molecule has 0 aliphatic carbocycles. The molecule has 0 unspecified atom stereocenters. The Balaban J connectivity index is 1.51. The Kier molecular flexibility index (Phi) is 7.68. The van der Waals surface area contributed by atoms with Gasteiger partial charge < -0.3 is 4.74 Å². The number of ether oxygens (including phenoxy) is 1. The third kappa shape index (κ3) is 6.07. The predicted molar refractivity (Wildman–Crippen MR) is 118 cm³/mol. The minimum absolute atomic E-state index is 0.0518. The zero-order chi connectivity index (χ0) is 24.1. The van der Waals surface area contributed by atoms with E-state index in [0.29, 0.717) is 18.8 Å². The van der Waals surface area contributed by atoms with Crippen molar-refractivity contribution in [3.05, 3.63) is 54.1 Å². The summed E-state index contributed by atoms with van der Waals surface area (Å²) in [4.78, 5) is 24.2. The van der Waals surface area contributed by atoms with Gasteiger partial charge in [0, 0.05) is 18.7 Å². The Morgan fingerprint density at radius 2 is 1.45 bits per heavy atom. The Hall–Kier alpha value is -3.00. The van der Waals surface area contributed by atoms with E-state index < -0.39 is 38.4 Å². The van der Waals surface area contributed by atoms with Crippen LogP contribution < -0.4 is 20.3 Å². The lowest BCUT2D eigenvalue weighted by molar-refractivity contribution is -0.120. The first kappa shape index (κ1) is 24.6. The second-order valence-corrected chi connectivity index (χ2v) is 10.8. The summed E-state index contributed by atoms with van der Waals surface area (Å²) in [6, 6.07) is 10.9. The minimum atomic E-state index is -3.94. The fraction of sp³-hybridized carbons (Fsp3) is 0.300. The first-order chi connectivity index (χ1) is 15.6. The first-order valence-electron chi connectivity index (χ1n) is 9.96. The summed E-state index contributed by atoms with van der Waals surface area (Å²) in [5.41, 5.74) is 4.37. The van der Waals surface area contributed by atoms with Crippen molar-refractivity contribution in [1.82, 2.24) is 19.9 Å². The lowest BCUT2D eigenvalue weighted by Gasteiger charge is -2.15. The molecular formula is C20H24N4O7S2. The number of hydrazine groups is 1. The number of nitrogens with one attached hydrogen (secondary N) is 3. The van der Waals surface area contributed by atoms with Crippen LogP contribution in [0.25, 0.3) is 0 Å². The highest BCUT2D eigenvalue weighted by Gasteiger charge is 2.27. The van der Waals surface area contributed by atoms with E-state index in [1.807, 2.05) is 0 Å². The number of carbonyl (C=O) groups is 2. The predicted octanol–water partition coefficient (Wildman–Crippen LogP) is 0.219. The summed E-state index contributed by atoms with van der Waals surface area (Å²) < 4.78 is 58.0. The molecule has 3 rings (SSSR count). The molecule has 11 nitrogen and oxygen atoms in total. The van der Waals surface area contributed by atoms with Crippen molar-refractivity contribution in [3.8, 4) is 5.75 Å². The molecule has 178 valence electrons. The number of carbonyl (C=O) groups excluding carboxylic acids is 2. The molecule has 1 fully saturated rings. The van der Waals surface area contributed by atoms with Crippen LogP contribution in [0, 0.1) is 0 Å². The van der Waals surface area contributed by atoms with E-state index in [4.69, 9.17) is 4.74 Å². The van der Waals surface area contributed by atoms with Gasteiger partial charge in [0.2, 0.25) is 20.0 Å². The summed E-state index contributed by atoms with van der Waals surface area (Å²) in [7, 11) is -6.08. The topological polar surface area (TPSA) is 151 Å². The van der Waals surface area contributed by atoms with E-state index in [2.05, 4.69) is 15.6 Å². The zero-order valence-electron chi connectivity index (χ0n) is 17.8. The lowest BCUT2D eigenvalue weighted by atomic mass is 10.2. The average Bonchev–Trinajstić information content (AvgIpc) is 3.37. The number of methoxy groups -OCH3 is 1. The molecule has 2 amide bonds. The molecule has 0 spiro atoms. The normalized spacial score (nSPS) is 14.6. The Morgan fingerprint density at radius 1 is 0.879 bits per heavy atom. The largest absolute Gasteiger partial charge is 0.497 e. The number of hydrogen-bond donors (Lipinski definition) is 3. The van der Waals surface area contributed by atoms with Crippen molar-refractivity contribution in [3.63, 3.8) is 0 Å². The summed E-state index contributed by atoms with van der Waals surface area (Å²) in [5.74, 6) is -1.00. The first-order valence-corrected chi connectivity index (χ1v) is 12.9. The molecule has 0 bridgehead atoms. The van der Waals surface area contributed by atoms with Crippen molar-refractivity contribution in [2.45, 2.75) is 22.6 Å². The summed E-state index contributed by atoms with van der Waals surface area (Å²) in [5, 5.41) is 0. The highest BCUT2D eigenvalue weighted by atomic mass is 32.2. The SMILES string of the molecule is COc1ccc(S(=O)(=O)NCC(=O)NNC(=O)c2ccc(S(=O)(=O)N3CCCC3)cc2)cc1. The van der Waals surface area contributed by atoms with Gasteiger partial charge in [-0.1, -0.05) is 0 Å². The van der Waals surface area contributed by atoms with Crippen molar-refractivity contribution in [2.75, 3.05) is 26.7 Å². The van der Waals surface area contributed by atoms with Gasteiger partial charge in [-0.15, -0.1) is 0 Å². The van der Waals surface area contributed by atoms with Crippen LogP contribution in [0.2, 0.25) is 0 Å². The molecule has 2 aromatic rings. The second-order valence-electron chi connectivity index (χ2n) is 7.14. The molecule has 2 aromatic carbocycles. The zero-order valence-corrected chi connectivity index (χ0v) is 19.4. The molecule has 0 atom stereocenters. The molecule has 1 saturated heterocycles. The van der Waals surface area contributed by atoms with Crippen molar-refractivity contribution in [2.24, 2.45) is 0 Å². The number of sulfonamides is 2. The maximum atomic E-state index is 12.5. The standard InChI is InChI=1S/C20H24N4O7S2/c1-31-16-6-10-17(11-7-16)32(27,28)21-14-19(25)22-23-20(26)15-4-8-18(9-5-15)33(29,30)24-12-2-3-13-24/h4-11,21H,2-3,12-14H2,1H3,(H,22,25)(H,23,26). The molecular weight excluding hydrogens is 472 g/mol. The van der Waals surface area contributed by atoms with Crippen molar-refractivity contribution < 1.29 is 31.2 Å². The van der Waals surface area contributed by atoms with Crippen LogP contribution in [0.15, 0.2) is 58.3 Å². The van der Waals surface area contributed by atoms with Crippen LogP contribution >= 0.6 is 0 Å². The number of nitrogens with zero attached hydrogens (tertiary/aromatic N) is 1. The molecule has 13 heteroatoms. The average molecular weight is 497 g/mol. The molecule has 1 heterocycles. The third-order valence-corrected chi connectivity index (χ3v) is 8.26. The quantitative estimate of drug-likeness (QED) is 0.442. The third-order valence-electron chi connectivity index (χ3n) is 4.93. The van der Waals surface area contributed by atoms with E-state index >= 15 is 0 Å². The molecule has 3 N–H and O–H groups in total. The number of benzene rings is 2. The van der Waals surface area contributed by atoms with E-state index in [1.54, 1.807) is 0 Å². The smallest absolute Gasteiger partial charge is 0.269 e. The molecule has 33 heavy (non-hydrogen) atoms. The van der Waals surface area contributed by atoms with E-state index in [9.17, 15) is 26.4 Å². The van der Waals surface area contributed by atoms with Gasteiger partial charge in [0.25, 0.3) is 11.8 Å². The Bertz CT molecular complexity index is 1210. The van der Waals surface area contributed by atoms with Crippen LogP contribution in [0.5, 0.6) is 5.75 Å². The van der Waals surface area contributed by atoms with Gasteiger partial charge in [0.05, 0.1) is 23.4 Å². The fourth-order valence-electron chi connectivity index (χ4n) is 3.10. The summed E-state index contributed by atoms with van der Waals surface area (Å²) in [6.45, 7) is 0.333. The van der Waals surface area contributed by atoms with Gasteiger partial charge in [0.15, 0.2) is 0 Å². The minimum Gasteiger partial charge on any atom is -0.497 e. The maximum Gasteiger partial charge on any atom is 0.269 e. The van der Waals surface area contributed by atoms with Gasteiger partial charge in [-0.3, -0.25) is 20.4 Å². The number of amides is 2. The monoisotopic (exact) mass is 496 g/mol.